The van der Waals surface area contributed by atoms with Crippen molar-refractivity contribution >= 4 is 16.7 Å². The lowest BCUT2D eigenvalue weighted by atomic mass is 10.1. The molecular weight excluding hydrogens is 322 g/mol. The molecule has 0 spiro atoms. The summed E-state index contributed by atoms with van der Waals surface area (Å²) in [4.78, 5) is 19.8. The molecule has 1 aromatic carbocycles. The summed E-state index contributed by atoms with van der Waals surface area (Å²) < 4.78 is 10.5. The van der Waals surface area contributed by atoms with Gasteiger partial charge < -0.3 is 14.6 Å². The van der Waals surface area contributed by atoms with Gasteiger partial charge in [-0.25, -0.2) is 9.78 Å². The molecular formula is C18H13N3O4. The summed E-state index contributed by atoms with van der Waals surface area (Å²) in [5.41, 5.74) is -0.292. The van der Waals surface area contributed by atoms with Gasteiger partial charge in [-0.15, -0.1) is 0 Å². The first-order valence-corrected chi connectivity index (χ1v) is 7.46. The van der Waals surface area contributed by atoms with Gasteiger partial charge in [0, 0.05) is 17.0 Å². The molecule has 0 radical (unpaired) electrons. The van der Waals surface area contributed by atoms with Crippen molar-refractivity contribution in [3.8, 4) is 23.3 Å². The van der Waals surface area contributed by atoms with Crippen molar-refractivity contribution in [2.45, 2.75) is 6.92 Å². The normalized spacial score (nSPS) is 10.2. The summed E-state index contributed by atoms with van der Waals surface area (Å²) in [5.74, 6) is -0.141. The zero-order valence-corrected chi connectivity index (χ0v) is 13.3. The van der Waals surface area contributed by atoms with Crippen molar-refractivity contribution in [2.24, 2.45) is 0 Å². The number of nitriles is 1. The van der Waals surface area contributed by atoms with Gasteiger partial charge in [-0.1, -0.05) is 0 Å². The first-order valence-electron chi connectivity index (χ1n) is 7.46. The van der Waals surface area contributed by atoms with Gasteiger partial charge in [0.2, 0.25) is 0 Å². The van der Waals surface area contributed by atoms with Crippen LogP contribution in [0, 0.1) is 11.3 Å². The van der Waals surface area contributed by atoms with Crippen LogP contribution in [0.5, 0.6) is 17.2 Å². The van der Waals surface area contributed by atoms with Crippen LogP contribution in [0.15, 0.2) is 42.7 Å². The molecule has 7 nitrogen and oxygen atoms in total. The summed E-state index contributed by atoms with van der Waals surface area (Å²) in [7, 11) is 0. The summed E-state index contributed by atoms with van der Waals surface area (Å²) in [6.45, 7) is 1.78. The first kappa shape index (κ1) is 16.2. The van der Waals surface area contributed by atoms with Gasteiger partial charge in [0.05, 0.1) is 12.8 Å². The van der Waals surface area contributed by atoms with Gasteiger partial charge >= 0.3 is 5.97 Å². The summed E-state index contributed by atoms with van der Waals surface area (Å²) in [6.07, 6.45) is 3.18. The second-order valence-corrected chi connectivity index (χ2v) is 4.99. The standard InChI is InChI=1S/C18H13N3O4/c1-2-24-18(23)16-17(22)13-6-5-11(8-14(13)15(9-19)21-16)25-12-4-3-7-20-10-12/h3-8,10,22H,2H2,1H3. The van der Waals surface area contributed by atoms with Crippen LogP contribution in [0.25, 0.3) is 10.8 Å². The summed E-state index contributed by atoms with van der Waals surface area (Å²) >= 11 is 0. The van der Waals surface area contributed by atoms with Crippen LogP contribution in [0.4, 0.5) is 0 Å². The fourth-order valence-corrected chi connectivity index (χ4v) is 2.31. The highest BCUT2D eigenvalue weighted by atomic mass is 16.5. The highest BCUT2D eigenvalue weighted by Crippen LogP contribution is 2.33. The topological polar surface area (TPSA) is 105 Å². The molecule has 2 heterocycles. The predicted octanol–water partition coefficient (Wildman–Crippen LogP) is 3.18. The Morgan fingerprint density at radius 1 is 1.28 bits per heavy atom. The van der Waals surface area contributed by atoms with E-state index in [1.165, 1.54) is 0 Å². The van der Waals surface area contributed by atoms with E-state index in [4.69, 9.17) is 9.47 Å². The van der Waals surface area contributed by atoms with Gasteiger partial charge in [0.25, 0.3) is 0 Å². The first-order chi connectivity index (χ1) is 12.1. The van der Waals surface area contributed by atoms with Crippen LogP contribution < -0.4 is 4.74 Å². The maximum Gasteiger partial charge on any atom is 0.360 e. The van der Waals surface area contributed by atoms with E-state index in [-0.39, 0.29) is 23.7 Å². The number of aromatic hydroxyl groups is 1. The molecule has 7 heteroatoms. The molecule has 25 heavy (non-hydrogen) atoms. The van der Waals surface area contributed by atoms with Gasteiger partial charge in [-0.2, -0.15) is 5.26 Å². The molecule has 0 aliphatic rings. The molecule has 0 bridgehead atoms. The molecule has 0 aliphatic heterocycles. The fourth-order valence-electron chi connectivity index (χ4n) is 2.31. The number of aromatic nitrogens is 2. The average Bonchev–Trinajstić information content (AvgIpc) is 2.63. The van der Waals surface area contributed by atoms with E-state index >= 15 is 0 Å². The number of ether oxygens (including phenoxy) is 2. The van der Waals surface area contributed by atoms with Gasteiger partial charge in [0.1, 0.15) is 23.3 Å². The van der Waals surface area contributed by atoms with E-state index in [1.807, 2.05) is 6.07 Å². The number of pyridine rings is 2. The maximum absolute atomic E-state index is 11.9. The molecule has 124 valence electrons. The minimum Gasteiger partial charge on any atom is -0.505 e. The number of esters is 1. The van der Waals surface area contributed by atoms with Crippen LogP contribution in [-0.4, -0.2) is 27.7 Å². The maximum atomic E-state index is 11.9. The lowest BCUT2D eigenvalue weighted by Gasteiger charge is -2.10. The number of carbonyl (C=O) groups excluding carboxylic acids is 1. The quantitative estimate of drug-likeness (QED) is 0.730. The molecule has 0 unspecified atom stereocenters. The Morgan fingerprint density at radius 2 is 2.12 bits per heavy atom. The Hall–Kier alpha value is -3.66. The number of hydrogen-bond donors (Lipinski definition) is 1. The smallest absolute Gasteiger partial charge is 0.360 e. The van der Waals surface area contributed by atoms with E-state index in [0.717, 1.165) is 0 Å². The number of hydrogen-bond acceptors (Lipinski definition) is 7. The van der Waals surface area contributed by atoms with Gasteiger partial charge in [0.15, 0.2) is 11.4 Å². The number of rotatable bonds is 4. The Bertz CT molecular complexity index is 981. The highest BCUT2D eigenvalue weighted by Gasteiger charge is 2.20. The van der Waals surface area contributed by atoms with Crippen LogP contribution in [0.1, 0.15) is 23.1 Å². The molecule has 1 N–H and O–H groups in total. The molecule has 0 saturated heterocycles. The lowest BCUT2D eigenvalue weighted by molar-refractivity contribution is 0.0516. The van der Waals surface area contributed by atoms with Crippen molar-refractivity contribution in [3.05, 3.63) is 54.1 Å². The highest BCUT2D eigenvalue weighted by molar-refractivity contribution is 6.01. The zero-order chi connectivity index (χ0) is 17.8. The van der Waals surface area contributed by atoms with Crippen molar-refractivity contribution < 1.29 is 19.4 Å². The van der Waals surface area contributed by atoms with E-state index in [0.29, 0.717) is 22.3 Å². The second-order valence-electron chi connectivity index (χ2n) is 4.99. The van der Waals surface area contributed by atoms with E-state index in [1.54, 1.807) is 49.6 Å². The number of fused-ring (bicyclic) bond motifs is 1. The SMILES string of the molecule is CCOC(=O)c1nc(C#N)c2cc(Oc3cccnc3)ccc2c1O. The van der Waals surface area contributed by atoms with Gasteiger partial charge in [-0.05, 0) is 37.3 Å². The number of nitrogens with zero attached hydrogens (tertiary/aromatic N) is 3. The van der Waals surface area contributed by atoms with Crippen LogP contribution >= 0.6 is 0 Å². The molecule has 2 aromatic heterocycles. The van der Waals surface area contributed by atoms with Crippen LogP contribution in [0.3, 0.4) is 0 Å². The molecule has 0 atom stereocenters. The third-order valence-corrected chi connectivity index (χ3v) is 3.39. The molecule has 0 saturated carbocycles. The Morgan fingerprint density at radius 3 is 2.80 bits per heavy atom. The van der Waals surface area contributed by atoms with Crippen molar-refractivity contribution in [3.63, 3.8) is 0 Å². The Kier molecular flexibility index (Phi) is 4.44. The predicted molar refractivity (Wildman–Crippen MR) is 88.4 cm³/mol. The monoisotopic (exact) mass is 335 g/mol. The molecule has 0 fully saturated rings. The van der Waals surface area contributed by atoms with E-state index in [9.17, 15) is 15.2 Å². The third kappa shape index (κ3) is 3.19. The fraction of sp³-hybridized carbons (Fsp3) is 0.111. The molecule has 3 aromatic rings. The largest absolute Gasteiger partial charge is 0.505 e. The minimum absolute atomic E-state index is 0.00695. The van der Waals surface area contributed by atoms with Crippen LogP contribution in [-0.2, 0) is 4.74 Å². The second kappa shape index (κ2) is 6.84. The minimum atomic E-state index is -0.783. The van der Waals surface area contributed by atoms with Crippen molar-refractivity contribution in [1.29, 1.82) is 5.26 Å². The van der Waals surface area contributed by atoms with E-state index < -0.39 is 5.97 Å². The van der Waals surface area contributed by atoms with E-state index in [2.05, 4.69) is 9.97 Å². The van der Waals surface area contributed by atoms with Crippen LogP contribution in [0.2, 0.25) is 0 Å². The summed E-state index contributed by atoms with van der Waals surface area (Å²) in [6, 6.07) is 10.1. The number of carbonyl (C=O) groups is 1. The molecule has 0 aliphatic carbocycles. The van der Waals surface area contributed by atoms with Gasteiger partial charge in [-0.3, -0.25) is 4.98 Å². The third-order valence-electron chi connectivity index (χ3n) is 3.39. The Balaban J connectivity index is 2.09. The zero-order valence-electron chi connectivity index (χ0n) is 13.3. The molecule has 3 rings (SSSR count). The average molecular weight is 335 g/mol. The number of benzene rings is 1. The lowest BCUT2D eigenvalue weighted by Crippen LogP contribution is -2.09. The Labute approximate surface area is 143 Å². The summed E-state index contributed by atoms with van der Waals surface area (Å²) in [5, 5.41) is 20.4. The molecule has 0 amide bonds. The van der Waals surface area contributed by atoms with Crippen molar-refractivity contribution in [2.75, 3.05) is 6.61 Å². The van der Waals surface area contributed by atoms with Crippen molar-refractivity contribution in [1.82, 2.24) is 9.97 Å².